The van der Waals surface area contributed by atoms with Crippen LogP contribution < -0.4 is 0 Å². The van der Waals surface area contributed by atoms with Gasteiger partial charge in [0.1, 0.15) is 0 Å². The molecular formula is C8H22CoO6P2. The Kier molecular flexibility index (Phi) is 25.8. The van der Waals surface area contributed by atoms with Crippen molar-refractivity contribution in [3.8, 4) is 0 Å². The van der Waals surface area contributed by atoms with E-state index >= 15 is 0 Å². The molecule has 0 aliphatic heterocycles. The summed E-state index contributed by atoms with van der Waals surface area (Å²) in [5.41, 5.74) is 0. The summed E-state index contributed by atoms with van der Waals surface area (Å²) in [7, 11) is -5.31. The third kappa shape index (κ3) is 31.6. The van der Waals surface area contributed by atoms with Crippen molar-refractivity contribution in [2.24, 2.45) is 0 Å². The van der Waals surface area contributed by atoms with Crippen LogP contribution in [-0.4, -0.2) is 23.0 Å². The van der Waals surface area contributed by atoms with E-state index in [9.17, 15) is 9.13 Å². The number of rotatable bonds is 8. The van der Waals surface area contributed by atoms with Crippen LogP contribution in [0.2, 0.25) is 0 Å². The van der Waals surface area contributed by atoms with E-state index in [1.54, 1.807) is 0 Å². The van der Waals surface area contributed by atoms with Crippen molar-refractivity contribution in [2.75, 3.05) is 13.2 Å². The van der Waals surface area contributed by atoms with Crippen LogP contribution in [0.1, 0.15) is 39.5 Å². The fourth-order valence-corrected chi connectivity index (χ4v) is 1.25. The van der Waals surface area contributed by atoms with Crippen LogP contribution in [-0.2, 0) is 35.0 Å². The molecule has 6 nitrogen and oxygen atoms in total. The van der Waals surface area contributed by atoms with Gasteiger partial charge >= 0.3 is 16.5 Å². The summed E-state index contributed by atoms with van der Waals surface area (Å²) in [5, 5.41) is 0. The molecule has 2 atom stereocenters. The molecular weight excluding hydrogens is 313 g/mol. The van der Waals surface area contributed by atoms with Crippen LogP contribution in [0.3, 0.4) is 0 Å². The Bertz CT molecular complexity index is 173. The van der Waals surface area contributed by atoms with E-state index in [4.69, 9.17) is 9.79 Å². The van der Waals surface area contributed by atoms with Crippen molar-refractivity contribution >= 4 is 16.5 Å². The zero-order chi connectivity index (χ0) is 12.8. The summed E-state index contributed by atoms with van der Waals surface area (Å²) >= 11 is 0. The minimum Gasteiger partial charge on any atom is -0.326 e. The molecule has 2 unspecified atom stereocenters. The van der Waals surface area contributed by atoms with Crippen molar-refractivity contribution in [3.05, 3.63) is 0 Å². The van der Waals surface area contributed by atoms with Gasteiger partial charge in [0.05, 0.1) is 13.2 Å². The van der Waals surface area contributed by atoms with Gasteiger partial charge in [-0.3, -0.25) is 9.13 Å². The third-order valence-corrected chi connectivity index (χ3v) is 2.35. The minimum absolute atomic E-state index is 0. The summed E-state index contributed by atoms with van der Waals surface area (Å²) in [6.45, 7) is 4.81. The maximum absolute atomic E-state index is 9.84. The van der Waals surface area contributed by atoms with Crippen LogP contribution >= 0.6 is 16.5 Å². The first-order valence-electron chi connectivity index (χ1n) is 5.26. The fourth-order valence-electron chi connectivity index (χ4n) is 0.608. The second-order valence-electron chi connectivity index (χ2n) is 2.94. The zero-order valence-corrected chi connectivity index (χ0v) is 13.1. The van der Waals surface area contributed by atoms with Gasteiger partial charge in [0, 0.05) is 16.8 Å². The first-order chi connectivity index (χ1) is 7.54. The van der Waals surface area contributed by atoms with Gasteiger partial charge in [0.2, 0.25) is 0 Å². The Morgan fingerprint density at radius 2 is 1.18 bits per heavy atom. The molecule has 0 fully saturated rings. The van der Waals surface area contributed by atoms with Crippen LogP contribution in [0.25, 0.3) is 0 Å². The molecule has 0 saturated heterocycles. The second-order valence-corrected chi connectivity index (χ2v) is 4.58. The van der Waals surface area contributed by atoms with Crippen LogP contribution in [0.5, 0.6) is 0 Å². The SMILES string of the molecule is CCCCO[PH](=O)O.CCCCO[PH](=O)O.[Co]. The minimum atomic E-state index is -2.66. The quantitative estimate of drug-likeness (QED) is 0.522. The standard InChI is InChI=1S/2C4H11O3P.Co/c2*1-2-3-4-7-8(5)6;/h2*8H,2-4H2,1H3,(H,5,6);. The summed E-state index contributed by atoms with van der Waals surface area (Å²) in [6.07, 6.45) is 3.71. The van der Waals surface area contributed by atoms with Gasteiger partial charge in [-0.15, -0.1) is 0 Å². The molecule has 0 bridgehead atoms. The molecule has 0 rings (SSSR count). The normalized spacial score (nSPS) is 12.9. The van der Waals surface area contributed by atoms with E-state index in [0.29, 0.717) is 13.2 Å². The Hall–Kier alpha value is 0.806. The first kappa shape index (κ1) is 22.9. The van der Waals surface area contributed by atoms with E-state index in [1.165, 1.54) is 0 Å². The van der Waals surface area contributed by atoms with Gasteiger partial charge in [0.15, 0.2) is 0 Å². The van der Waals surface area contributed by atoms with E-state index in [-0.39, 0.29) is 16.8 Å². The molecule has 9 heteroatoms. The zero-order valence-electron chi connectivity index (χ0n) is 10.1. The molecule has 0 aromatic rings. The molecule has 17 heavy (non-hydrogen) atoms. The summed E-state index contributed by atoms with van der Waals surface area (Å²) in [6, 6.07) is 0. The van der Waals surface area contributed by atoms with Crippen LogP contribution in [0.4, 0.5) is 0 Å². The summed E-state index contributed by atoms with van der Waals surface area (Å²) in [5.74, 6) is 0. The van der Waals surface area contributed by atoms with E-state index in [2.05, 4.69) is 9.05 Å². The predicted molar refractivity (Wildman–Crippen MR) is 64.2 cm³/mol. The van der Waals surface area contributed by atoms with Crippen molar-refractivity contribution in [2.45, 2.75) is 39.5 Å². The molecule has 0 amide bonds. The van der Waals surface area contributed by atoms with Gasteiger partial charge in [-0.05, 0) is 12.8 Å². The molecule has 109 valence electrons. The molecule has 0 aliphatic rings. The van der Waals surface area contributed by atoms with E-state index in [1.807, 2.05) is 13.8 Å². The van der Waals surface area contributed by atoms with Gasteiger partial charge in [-0.25, -0.2) is 0 Å². The summed E-state index contributed by atoms with van der Waals surface area (Å²) < 4.78 is 28.4. The number of unbranched alkanes of at least 4 members (excludes halogenated alkanes) is 2. The monoisotopic (exact) mass is 335 g/mol. The molecule has 0 aromatic heterocycles. The molecule has 0 saturated carbocycles. The molecule has 0 aliphatic carbocycles. The second kappa shape index (κ2) is 19.2. The largest absolute Gasteiger partial charge is 0.326 e. The Morgan fingerprint density at radius 1 is 0.882 bits per heavy atom. The Balaban J connectivity index is -0.000000218. The number of hydrogen-bond donors (Lipinski definition) is 2. The third-order valence-electron chi connectivity index (χ3n) is 1.45. The predicted octanol–water partition coefficient (Wildman–Crippen LogP) is 2.37. The molecule has 0 heterocycles. The van der Waals surface area contributed by atoms with Crippen molar-refractivity contribution in [1.29, 1.82) is 0 Å². The smallest absolute Gasteiger partial charge is 0.316 e. The van der Waals surface area contributed by atoms with Gasteiger partial charge < -0.3 is 18.8 Å². The van der Waals surface area contributed by atoms with Gasteiger partial charge in [0.25, 0.3) is 0 Å². The Morgan fingerprint density at radius 3 is 1.35 bits per heavy atom. The maximum atomic E-state index is 9.84. The maximum Gasteiger partial charge on any atom is 0.316 e. The van der Waals surface area contributed by atoms with Crippen LogP contribution in [0, 0.1) is 0 Å². The topological polar surface area (TPSA) is 93.1 Å². The molecule has 0 aromatic carbocycles. The van der Waals surface area contributed by atoms with E-state index in [0.717, 1.165) is 25.7 Å². The van der Waals surface area contributed by atoms with Gasteiger partial charge in [-0.1, -0.05) is 26.7 Å². The van der Waals surface area contributed by atoms with Crippen molar-refractivity contribution in [3.63, 3.8) is 0 Å². The van der Waals surface area contributed by atoms with Crippen molar-refractivity contribution in [1.82, 2.24) is 0 Å². The fraction of sp³-hybridized carbons (Fsp3) is 1.00. The number of hydrogen-bond acceptors (Lipinski definition) is 4. The average Bonchev–Trinajstić information content (AvgIpc) is 2.18. The van der Waals surface area contributed by atoms with Crippen LogP contribution in [0.15, 0.2) is 0 Å². The van der Waals surface area contributed by atoms with Gasteiger partial charge in [-0.2, -0.15) is 0 Å². The molecule has 0 spiro atoms. The first-order valence-corrected chi connectivity index (χ1v) is 7.78. The molecule has 1 radical (unpaired) electrons. The Labute approximate surface area is 114 Å². The average molecular weight is 335 g/mol. The summed E-state index contributed by atoms with van der Waals surface area (Å²) in [4.78, 5) is 16.2. The van der Waals surface area contributed by atoms with Crippen molar-refractivity contribution < 1.29 is 44.7 Å². The molecule has 2 N–H and O–H groups in total. The van der Waals surface area contributed by atoms with E-state index < -0.39 is 16.5 Å².